The minimum Gasteiger partial charge on any atom is -0.348 e. The van der Waals surface area contributed by atoms with Gasteiger partial charge < -0.3 is 10.6 Å². The third-order valence-electron chi connectivity index (χ3n) is 2.14. The molecule has 1 aromatic rings. The van der Waals surface area contributed by atoms with E-state index >= 15 is 0 Å². The molecule has 0 saturated heterocycles. The van der Waals surface area contributed by atoms with Gasteiger partial charge in [0.1, 0.15) is 0 Å². The Bertz CT molecular complexity index is 429. The number of unbranched alkanes of at least 4 members (excludes halogenated alkanes) is 1. The van der Waals surface area contributed by atoms with Crippen molar-refractivity contribution in [3.8, 4) is 0 Å². The van der Waals surface area contributed by atoms with Crippen molar-refractivity contribution >= 4 is 40.7 Å². The minimum atomic E-state index is -0.732. The number of hydrogen-bond acceptors (Lipinski definition) is 2. The standard InChI is InChI=1S/C12H14Cl2N2O2/c1-2-3-4-15-11(17)12(18)16-10-6-8(13)5-9(14)7-10/h5-7H,2-4H2,1H3,(H,15,17)(H,16,18). The summed E-state index contributed by atoms with van der Waals surface area (Å²) in [5, 5.41) is 5.73. The largest absolute Gasteiger partial charge is 0.348 e. The van der Waals surface area contributed by atoms with Gasteiger partial charge in [0.05, 0.1) is 0 Å². The van der Waals surface area contributed by atoms with Crippen LogP contribution in [0.5, 0.6) is 0 Å². The van der Waals surface area contributed by atoms with E-state index in [9.17, 15) is 9.59 Å². The fraction of sp³-hybridized carbons (Fsp3) is 0.333. The zero-order chi connectivity index (χ0) is 13.5. The van der Waals surface area contributed by atoms with Gasteiger partial charge in [-0.1, -0.05) is 36.5 Å². The molecule has 0 aliphatic rings. The fourth-order valence-corrected chi connectivity index (χ4v) is 1.80. The molecule has 18 heavy (non-hydrogen) atoms. The van der Waals surface area contributed by atoms with Crippen LogP contribution in [-0.2, 0) is 9.59 Å². The number of amides is 2. The number of hydrogen-bond donors (Lipinski definition) is 2. The van der Waals surface area contributed by atoms with Crippen molar-refractivity contribution in [3.63, 3.8) is 0 Å². The van der Waals surface area contributed by atoms with E-state index in [-0.39, 0.29) is 0 Å². The zero-order valence-electron chi connectivity index (χ0n) is 9.93. The van der Waals surface area contributed by atoms with Crippen LogP contribution in [-0.4, -0.2) is 18.4 Å². The summed E-state index contributed by atoms with van der Waals surface area (Å²) in [7, 11) is 0. The molecule has 0 atom stereocenters. The molecule has 0 heterocycles. The maximum atomic E-state index is 11.5. The molecule has 0 bridgehead atoms. The molecule has 0 aliphatic heterocycles. The Kier molecular flexibility index (Phi) is 5.95. The van der Waals surface area contributed by atoms with Gasteiger partial charge in [0.2, 0.25) is 0 Å². The molecule has 0 unspecified atom stereocenters. The summed E-state index contributed by atoms with van der Waals surface area (Å²) in [5.41, 5.74) is 0.392. The van der Waals surface area contributed by atoms with E-state index < -0.39 is 11.8 Å². The van der Waals surface area contributed by atoms with Crippen molar-refractivity contribution in [2.45, 2.75) is 19.8 Å². The Hall–Kier alpha value is -1.26. The van der Waals surface area contributed by atoms with Gasteiger partial charge in [0.25, 0.3) is 0 Å². The summed E-state index contributed by atoms with van der Waals surface area (Å²) in [6.45, 7) is 2.49. The van der Waals surface area contributed by atoms with Crippen molar-refractivity contribution in [3.05, 3.63) is 28.2 Å². The van der Waals surface area contributed by atoms with Crippen LogP contribution < -0.4 is 10.6 Å². The lowest BCUT2D eigenvalue weighted by Crippen LogP contribution is -2.35. The van der Waals surface area contributed by atoms with Crippen LogP contribution in [0.15, 0.2) is 18.2 Å². The SMILES string of the molecule is CCCCNC(=O)C(=O)Nc1cc(Cl)cc(Cl)c1. The van der Waals surface area contributed by atoms with Crippen molar-refractivity contribution in [1.82, 2.24) is 5.32 Å². The van der Waals surface area contributed by atoms with E-state index in [2.05, 4.69) is 10.6 Å². The molecule has 6 heteroatoms. The fourth-order valence-electron chi connectivity index (χ4n) is 1.27. The summed E-state index contributed by atoms with van der Waals surface area (Å²) in [6.07, 6.45) is 1.79. The predicted octanol–water partition coefficient (Wildman–Crippen LogP) is 2.85. The Morgan fingerprint density at radius 1 is 1.11 bits per heavy atom. The van der Waals surface area contributed by atoms with Gasteiger partial charge in [0, 0.05) is 22.3 Å². The number of carbonyl (C=O) groups excluding carboxylic acids is 2. The lowest BCUT2D eigenvalue weighted by atomic mass is 10.3. The first-order chi connectivity index (χ1) is 8.52. The third kappa shape index (κ3) is 4.94. The Balaban J connectivity index is 2.55. The van der Waals surface area contributed by atoms with Gasteiger partial charge in [-0.05, 0) is 24.6 Å². The maximum absolute atomic E-state index is 11.5. The first-order valence-electron chi connectivity index (χ1n) is 5.58. The molecule has 0 aromatic heterocycles. The molecular weight excluding hydrogens is 275 g/mol. The Morgan fingerprint density at radius 3 is 2.28 bits per heavy atom. The number of benzene rings is 1. The lowest BCUT2D eigenvalue weighted by Gasteiger charge is -2.06. The highest BCUT2D eigenvalue weighted by atomic mass is 35.5. The second kappa shape index (κ2) is 7.24. The zero-order valence-corrected chi connectivity index (χ0v) is 11.4. The van der Waals surface area contributed by atoms with Crippen molar-refractivity contribution in [1.29, 1.82) is 0 Å². The van der Waals surface area contributed by atoms with Gasteiger partial charge in [-0.2, -0.15) is 0 Å². The van der Waals surface area contributed by atoms with Crippen molar-refractivity contribution in [2.24, 2.45) is 0 Å². The van der Waals surface area contributed by atoms with E-state index in [1.54, 1.807) is 6.07 Å². The molecule has 4 nitrogen and oxygen atoms in total. The summed E-state index contributed by atoms with van der Waals surface area (Å²) in [6, 6.07) is 4.58. The number of nitrogens with one attached hydrogen (secondary N) is 2. The lowest BCUT2D eigenvalue weighted by molar-refractivity contribution is -0.136. The molecule has 1 rings (SSSR count). The van der Waals surface area contributed by atoms with Gasteiger partial charge >= 0.3 is 11.8 Å². The number of rotatable bonds is 4. The average Bonchev–Trinajstić information content (AvgIpc) is 2.27. The normalized spacial score (nSPS) is 9.94. The summed E-state index contributed by atoms with van der Waals surface area (Å²) < 4.78 is 0. The van der Waals surface area contributed by atoms with Crippen LogP contribution in [0.4, 0.5) is 5.69 Å². The van der Waals surface area contributed by atoms with Crippen LogP contribution >= 0.6 is 23.2 Å². The third-order valence-corrected chi connectivity index (χ3v) is 2.58. The van der Waals surface area contributed by atoms with Gasteiger partial charge in [-0.15, -0.1) is 0 Å². The van der Waals surface area contributed by atoms with E-state index in [0.29, 0.717) is 22.3 Å². The molecule has 0 fully saturated rings. The van der Waals surface area contributed by atoms with E-state index in [1.165, 1.54) is 12.1 Å². The quantitative estimate of drug-likeness (QED) is 0.661. The molecule has 1 aromatic carbocycles. The van der Waals surface area contributed by atoms with Gasteiger partial charge in [-0.3, -0.25) is 9.59 Å². The summed E-state index contributed by atoms with van der Waals surface area (Å²) in [4.78, 5) is 22.9. The highest BCUT2D eigenvalue weighted by Crippen LogP contribution is 2.22. The van der Waals surface area contributed by atoms with Crippen LogP contribution in [0, 0.1) is 0 Å². The number of carbonyl (C=O) groups is 2. The highest BCUT2D eigenvalue weighted by molar-refractivity contribution is 6.40. The monoisotopic (exact) mass is 288 g/mol. The Labute approximate surface area is 116 Å². The van der Waals surface area contributed by atoms with Crippen molar-refractivity contribution < 1.29 is 9.59 Å². The van der Waals surface area contributed by atoms with E-state index in [4.69, 9.17) is 23.2 Å². The molecule has 2 N–H and O–H groups in total. The predicted molar refractivity (Wildman–Crippen MR) is 73.0 cm³/mol. The van der Waals surface area contributed by atoms with Crippen LogP contribution in [0.3, 0.4) is 0 Å². The first kappa shape index (κ1) is 14.8. The molecule has 0 radical (unpaired) electrons. The number of halogens is 2. The van der Waals surface area contributed by atoms with E-state index in [0.717, 1.165) is 12.8 Å². The van der Waals surface area contributed by atoms with Crippen LogP contribution in [0.1, 0.15) is 19.8 Å². The van der Waals surface area contributed by atoms with Gasteiger partial charge in [0.15, 0.2) is 0 Å². The average molecular weight is 289 g/mol. The molecule has 98 valence electrons. The highest BCUT2D eigenvalue weighted by Gasteiger charge is 2.13. The smallest absolute Gasteiger partial charge is 0.313 e. The first-order valence-corrected chi connectivity index (χ1v) is 6.33. The van der Waals surface area contributed by atoms with Gasteiger partial charge in [-0.25, -0.2) is 0 Å². The second-order valence-corrected chi connectivity index (χ2v) is 4.59. The maximum Gasteiger partial charge on any atom is 0.313 e. The minimum absolute atomic E-state index is 0.392. The molecule has 0 saturated carbocycles. The summed E-state index contributed by atoms with van der Waals surface area (Å²) >= 11 is 11.6. The van der Waals surface area contributed by atoms with Crippen molar-refractivity contribution in [2.75, 3.05) is 11.9 Å². The molecule has 0 aliphatic carbocycles. The Morgan fingerprint density at radius 2 is 1.72 bits per heavy atom. The molecule has 2 amide bonds. The van der Waals surface area contributed by atoms with Crippen LogP contribution in [0.25, 0.3) is 0 Å². The number of anilines is 1. The summed E-state index contributed by atoms with van der Waals surface area (Å²) in [5.74, 6) is -1.40. The van der Waals surface area contributed by atoms with E-state index in [1.807, 2.05) is 6.92 Å². The molecular formula is C12H14Cl2N2O2. The van der Waals surface area contributed by atoms with Crippen LogP contribution in [0.2, 0.25) is 10.0 Å². The topological polar surface area (TPSA) is 58.2 Å². The second-order valence-electron chi connectivity index (χ2n) is 3.72. The molecule has 0 spiro atoms.